The molecule has 0 unspecified atom stereocenters. The van der Waals surface area contributed by atoms with Crippen LogP contribution in [0.5, 0.6) is 0 Å². The number of para-hydroxylation sites is 1. The van der Waals surface area contributed by atoms with E-state index in [0.717, 1.165) is 15.8 Å². The van der Waals surface area contributed by atoms with Gasteiger partial charge in [-0.1, -0.05) is 24.3 Å². The van der Waals surface area contributed by atoms with Gasteiger partial charge in [0.15, 0.2) is 5.76 Å². The average molecular weight is 254 g/mol. The number of hydrogen-bond acceptors (Lipinski definition) is 3. The molecule has 0 spiro atoms. The molecule has 0 atom stereocenters. The maximum Gasteiger partial charge on any atom is 0.221 e. The number of rotatable bonds is 3. The van der Waals surface area contributed by atoms with Crippen LogP contribution in [0.2, 0.25) is 0 Å². The number of hydrogen-bond donors (Lipinski definition) is 0. The third-order valence-corrected chi connectivity index (χ3v) is 3.45. The fourth-order valence-corrected chi connectivity index (χ4v) is 2.35. The van der Waals surface area contributed by atoms with Gasteiger partial charge in [0.2, 0.25) is 5.78 Å². The standard InChI is InChI=1S/C15H10O2S/c16-13(8-7-12-5-3-9-18-12)15-10-11-4-1-2-6-14(11)17-15/h1-10H. The Hall–Kier alpha value is -2.13. The van der Waals surface area contributed by atoms with E-state index in [2.05, 4.69) is 0 Å². The normalized spacial score (nSPS) is 11.3. The Labute approximate surface area is 108 Å². The number of thiophene rings is 1. The van der Waals surface area contributed by atoms with Gasteiger partial charge in [-0.15, -0.1) is 11.3 Å². The summed E-state index contributed by atoms with van der Waals surface area (Å²) in [6.45, 7) is 0. The second-order valence-electron chi connectivity index (χ2n) is 3.86. The van der Waals surface area contributed by atoms with Gasteiger partial charge in [-0.3, -0.25) is 4.79 Å². The molecule has 3 aromatic rings. The van der Waals surface area contributed by atoms with E-state index in [1.54, 1.807) is 29.6 Å². The van der Waals surface area contributed by atoms with Crippen LogP contribution in [0.3, 0.4) is 0 Å². The molecule has 18 heavy (non-hydrogen) atoms. The summed E-state index contributed by atoms with van der Waals surface area (Å²) >= 11 is 1.60. The number of carbonyl (C=O) groups is 1. The van der Waals surface area contributed by atoms with Crippen molar-refractivity contribution in [1.29, 1.82) is 0 Å². The lowest BCUT2D eigenvalue weighted by atomic mass is 10.2. The van der Waals surface area contributed by atoms with E-state index in [9.17, 15) is 4.79 Å². The second-order valence-corrected chi connectivity index (χ2v) is 4.84. The maximum absolute atomic E-state index is 11.9. The highest BCUT2D eigenvalue weighted by atomic mass is 32.1. The minimum absolute atomic E-state index is 0.111. The van der Waals surface area contributed by atoms with Crippen LogP contribution in [0.25, 0.3) is 17.0 Å². The third-order valence-electron chi connectivity index (χ3n) is 2.61. The van der Waals surface area contributed by atoms with Gasteiger partial charge in [-0.2, -0.15) is 0 Å². The smallest absolute Gasteiger partial charge is 0.221 e. The summed E-state index contributed by atoms with van der Waals surface area (Å²) in [6, 6.07) is 13.3. The van der Waals surface area contributed by atoms with E-state index in [4.69, 9.17) is 4.42 Å². The van der Waals surface area contributed by atoms with Crippen molar-refractivity contribution >= 4 is 34.2 Å². The van der Waals surface area contributed by atoms with Crippen molar-refractivity contribution in [2.45, 2.75) is 0 Å². The minimum Gasteiger partial charge on any atom is -0.453 e. The van der Waals surface area contributed by atoms with Crippen LogP contribution in [0.4, 0.5) is 0 Å². The van der Waals surface area contributed by atoms with Crippen molar-refractivity contribution in [3.05, 3.63) is 64.6 Å². The Balaban J connectivity index is 1.88. The zero-order valence-electron chi connectivity index (χ0n) is 9.50. The molecule has 0 aliphatic heterocycles. The van der Waals surface area contributed by atoms with Crippen LogP contribution in [0.1, 0.15) is 15.4 Å². The average Bonchev–Trinajstić information content (AvgIpc) is 3.04. The van der Waals surface area contributed by atoms with E-state index in [1.165, 1.54) is 0 Å². The van der Waals surface area contributed by atoms with E-state index in [1.807, 2.05) is 41.8 Å². The van der Waals surface area contributed by atoms with Crippen molar-refractivity contribution in [2.75, 3.05) is 0 Å². The molecule has 0 aliphatic carbocycles. The fourth-order valence-electron chi connectivity index (χ4n) is 1.73. The topological polar surface area (TPSA) is 30.2 Å². The Morgan fingerprint density at radius 2 is 2.06 bits per heavy atom. The molecule has 0 amide bonds. The molecule has 0 bridgehead atoms. The summed E-state index contributed by atoms with van der Waals surface area (Å²) in [6.07, 6.45) is 3.35. The van der Waals surface area contributed by atoms with Crippen LogP contribution < -0.4 is 0 Å². The zero-order chi connectivity index (χ0) is 12.4. The number of furan rings is 1. The molecular weight excluding hydrogens is 244 g/mol. The van der Waals surface area contributed by atoms with Gasteiger partial charge in [0.1, 0.15) is 5.58 Å². The fraction of sp³-hybridized carbons (Fsp3) is 0. The number of fused-ring (bicyclic) bond motifs is 1. The van der Waals surface area contributed by atoms with E-state index < -0.39 is 0 Å². The van der Waals surface area contributed by atoms with Gasteiger partial charge in [0, 0.05) is 10.3 Å². The van der Waals surface area contributed by atoms with Gasteiger partial charge >= 0.3 is 0 Å². The number of benzene rings is 1. The molecule has 1 aromatic carbocycles. The van der Waals surface area contributed by atoms with E-state index in [-0.39, 0.29) is 5.78 Å². The lowest BCUT2D eigenvalue weighted by Gasteiger charge is -1.87. The highest BCUT2D eigenvalue weighted by molar-refractivity contribution is 7.10. The first-order valence-corrected chi connectivity index (χ1v) is 6.45. The predicted molar refractivity (Wildman–Crippen MR) is 73.9 cm³/mol. The molecule has 0 fully saturated rings. The molecule has 0 saturated heterocycles. The summed E-state index contributed by atoms with van der Waals surface area (Å²) in [7, 11) is 0. The summed E-state index contributed by atoms with van der Waals surface area (Å²) in [5.74, 6) is 0.267. The van der Waals surface area contributed by atoms with Crippen molar-refractivity contribution in [3.8, 4) is 0 Å². The molecule has 0 radical (unpaired) electrons. The van der Waals surface area contributed by atoms with Crippen LogP contribution in [-0.4, -0.2) is 5.78 Å². The molecule has 0 N–H and O–H groups in total. The Bertz CT molecular complexity index is 672. The summed E-state index contributed by atoms with van der Waals surface area (Å²) < 4.78 is 5.50. The zero-order valence-corrected chi connectivity index (χ0v) is 10.3. The number of allylic oxidation sites excluding steroid dienone is 1. The van der Waals surface area contributed by atoms with Crippen LogP contribution in [0, 0.1) is 0 Å². The lowest BCUT2D eigenvalue weighted by molar-refractivity contribution is 0.102. The highest BCUT2D eigenvalue weighted by Crippen LogP contribution is 2.20. The van der Waals surface area contributed by atoms with Crippen LogP contribution in [-0.2, 0) is 0 Å². The van der Waals surface area contributed by atoms with Gasteiger partial charge in [-0.05, 0) is 35.7 Å². The van der Waals surface area contributed by atoms with Crippen LogP contribution in [0.15, 0.2) is 58.3 Å². The van der Waals surface area contributed by atoms with Gasteiger partial charge < -0.3 is 4.42 Å². The van der Waals surface area contributed by atoms with Crippen molar-refractivity contribution < 1.29 is 9.21 Å². The molecule has 88 valence electrons. The number of ketones is 1. The molecule has 2 aromatic heterocycles. The molecule has 3 heteroatoms. The largest absolute Gasteiger partial charge is 0.453 e. The van der Waals surface area contributed by atoms with E-state index in [0.29, 0.717) is 5.76 Å². The Morgan fingerprint density at radius 1 is 1.17 bits per heavy atom. The second kappa shape index (κ2) is 4.63. The first kappa shape index (κ1) is 11.0. The SMILES string of the molecule is O=C(C=Cc1cccs1)c1cc2ccccc2o1. The first-order valence-electron chi connectivity index (χ1n) is 5.57. The van der Waals surface area contributed by atoms with Crippen LogP contribution >= 0.6 is 11.3 Å². The predicted octanol–water partition coefficient (Wildman–Crippen LogP) is 4.39. The first-order chi connectivity index (χ1) is 8.83. The summed E-state index contributed by atoms with van der Waals surface area (Å²) in [4.78, 5) is 13.0. The van der Waals surface area contributed by atoms with Crippen molar-refractivity contribution in [3.63, 3.8) is 0 Å². The monoisotopic (exact) mass is 254 g/mol. The highest BCUT2D eigenvalue weighted by Gasteiger charge is 2.08. The van der Waals surface area contributed by atoms with Gasteiger partial charge in [0.25, 0.3) is 0 Å². The molecule has 0 saturated carbocycles. The third kappa shape index (κ3) is 2.13. The quantitative estimate of drug-likeness (QED) is 0.512. The molecular formula is C15H10O2S. The van der Waals surface area contributed by atoms with Gasteiger partial charge in [-0.25, -0.2) is 0 Å². The number of carbonyl (C=O) groups excluding carboxylic acids is 1. The Kier molecular flexibility index (Phi) is 2.82. The molecule has 2 heterocycles. The summed E-state index contributed by atoms with van der Waals surface area (Å²) in [5.41, 5.74) is 0.741. The van der Waals surface area contributed by atoms with Crippen molar-refractivity contribution in [1.82, 2.24) is 0 Å². The lowest BCUT2D eigenvalue weighted by Crippen LogP contribution is -1.89. The van der Waals surface area contributed by atoms with Crippen molar-refractivity contribution in [2.24, 2.45) is 0 Å². The molecule has 3 rings (SSSR count). The van der Waals surface area contributed by atoms with E-state index >= 15 is 0 Å². The molecule has 2 nitrogen and oxygen atoms in total. The summed E-state index contributed by atoms with van der Waals surface area (Å²) in [5, 5.41) is 2.93. The minimum atomic E-state index is -0.111. The Morgan fingerprint density at radius 3 is 2.83 bits per heavy atom. The maximum atomic E-state index is 11.9. The molecule has 0 aliphatic rings. The van der Waals surface area contributed by atoms with Gasteiger partial charge in [0.05, 0.1) is 0 Å².